The lowest BCUT2D eigenvalue weighted by molar-refractivity contribution is -0.159. The van der Waals surface area contributed by atoms with E-state index >= 15 is 0 Å². The summed E-state index contributed by atoms with van der Waals surface area (Å²) < 4.78 is 11.5. The molecule has 0 bridgehead atoms. The lowest BCUT2D eigenvalue weighted by atomic mass is 9.89. The van der Waals surface area contributed by atoms with Crippen molar-refractivity contribution in [1.29, 1.82) is 0 Å². The number of hydrogen-bond donors (Lipinski definition) is 0. The Morgan fingerprint density at radius 1 is 1.10 bits per heavy atom. The average molecular weight is 272 g/mol. The van der Waals surface area contributed by atoms with E-state index in [4.69, 9.17) is 9.47 Å². The van der Waals surface area contributed by atoms with Gasteiger partial charge in [0.2, 0.25) is 0 Å². The van der Waals surface area contributed by atoms with Gasteiger partial charge in [-0.1, -0.05) is 43.7 Å². The monoisotopic (exact) mass is 272 g/mol. The van der Waals surface area contributed by atoms with Gasteiger partial charge in [0.25, 0.3) is 0 Å². The molecule has 0 radical (unpaired) electrons. The molecule has 1 heterocycles. The first-order valence-corrected chi connectivity index (χ1v) is 7.88. The van der Waals surface area contributed by atoms with Gasteiger partial charge in [-0.05, 0) is 36.0 Å². The van der Waals surface area contributed by atoms with Crippen LogP contribution < -0.4 is 0 Å². The number of rotatable bonds is 4. The Balaban J connectivity index is 1.66. The second kappa shape index (κ2) is 6.11. The molecule has 1 aromatic rings. The standard InChI is InChI=1S/C18H24O2/c1-2-3-4-15-5-7-16(8-6-15)17-9-11-18(12-10-17)19-13-14-20-18/h5-9H,2-4,10-14H2,1H3. The zero-order chi connectivity index (χ0) is 13.8. The summed E-state index contributed by atoms with van der Waals surface area (Å²) in [5.74, 6) is -0.301. The van der Waals surface area contributed by atoms with Crippen molar-refractivity contribution in [2.24, 2.45) is 0 Å². The summed E-state index contributed by atoms with van der Waals surface area (Å²) in [6, 6.07) is 9.09. The Bertz CT molecular complexity index is 467. The maximum Gasteiger partial charge on any atom is 0.172 e. The van der Waals surface area contributed by atoms with Gasteiger partial charge in [-0.25, -0.2) is 0 Å². The van der Waals surface area contributed by atoms with Crippen LogP contribution in [0, 0.1) is 0 Å². The maximum atomic E-state index is 5.76. The zero-order valence-electron chi connectivity index (χ0n) is 12.4. The molecule has 0 amide bonds. The Morgan fingerprint density at radius 2 is 1.85 bits per heavy atom. The lowest BCUT2D eigenvalue weighted by Crippen LogP contribution is -2.31. The van der Waals surface area contributed by atoms with Crippen LogP contribution in [-0.2, 0) is 15.9 Å². The maximum absolute atomic E-state index is 5.76. The third-order valence-corrected chi connectivity index (χ3v) is 4.39. The highest BCUT2D eigenvalue weighted by atomic mass is 16.7. The van der Waals surface area contributed by atoms with E-state index in [9.17, 15) is 0 Å². The van der Waals surface area contributed by atoms with Crippen molar-refractivity contribution in [3.05, 3.63) is 41.5 Å². The zero-order valence-corrected chi connectivity index (χ0v) is 12.4. The summed E-state index contributed by atoms with van der Waals surface area (Å²) in [7, 11) is 0. The van der Waals surface area contributed by atoms with Crippen LogP contribution in [0.3, 0.4) is 0 Å². The molecule has 2 nitrogen and oxygen atoms in total. The van der Waals surface area contributed by atoms with Crippen LogP contribution in [0.15, 0.2) is 30.3 Å². The fraction of sp³-hybridized carbons (Fsp3) is 0.556. The molecule has 2 aliphatic rings. The Hall–Kier alpha value is -1.12. The first-order chi connectivity index (χ1) is 9.81. The fourth-order valence-corrected chi connectivity index (χ4v) is 3.10. The number of aryl methyl sites for hydroxylation is 1. The average Bonchev–Trinajstić information content (AvgIpc) is 2.95. The number of benzene rings is 1. The molecule has 1 spiro atoms. The molecular weight excluding hydrogens is 248 g/mol. The third-order valence-electron chi connectivity index (χ3n) is 4.39. The Kier molecular flexibility index (Phi) is 4.23. The van der Waals surface area contributed by atoms with Crippen LogP contribution in [0.25, 0.3) is 5.57 Å². The van der Waals surface area contributed by atoms with Gasteiger partial charge in [0.05, 0.1) is 13.2 Å². The summed E-state index contributed by atoms with van der Waals surface area (Å²) in [5.41, 5.74) is 4.25. The van der Waals surface area contributed by atoms with E-state index in [-0.39, 0.29) is 5.79 Å². The van der Waals surface area contributed by atoms with E-state index < -0.39 is 0 Å². The van der Waals surface area contributed by atoms with Crippen molar-refractivity contribution in [3.63, 3.8) is 0 Å². The van der Waals surface area contributed by atoms with Crippen molar-refractivity contribution in [3.8, 4) is 0 Å². The van der Waals surface area contributed by atoms with E-state index in [1.54, 1.807) is 0 Å². The van der Waals surface area contributed by atoms with Gasteiger partial charge >= 0.3 is 0 Å². The highest BCUT2D eigenvalue weighted by Crippen LogP contribution is 2.38. The van der Waals surface area contributed by atoms with Crippen molar-refractivity contribution in [2.75, 3.05) is 13.2 Å². The molecule has 1 aliphatic heterocycles. The normalized spacial score (nSPS) is 21.1. The molecule has 1 saturated heterocycles. The summed E-state index contributed by atoms with van der Waals surface area (Å²) >= 11 is 0. The summed E-state index contributed by atoms with van der Waals surface area (Å²) in [5, 5.41) is 0. The van der Waals surface area contributed by atoms with Crippen molar-refractivity contribution in [1.82, 2.24) is 0 Å². The molecule has 1 aromatic carbocycles. The minimum atomic E-state index is -0.301. The second-order valence-corrected chi connectivity index (χ2v) is 5.84. The smallest absolute Gasteiger partial charge is 0.172 e. The van der Waals surface area contributed by atoms with Crippen LogP contribution in [0.1, 0.15) is 50.2 Å². The van der Waals surface area contributed by atoms with E-state index in [2.05, 4.69) is 37.3 Å². The molecule has 2 heteroatoms. The number of allylic oxidation sites excluding steroid dienone is 1. The van der Waals surface area contributed by atoms with Crippen LogP contribution >= 0.6 is 0 Å². The van der Waals surface area contributed by atoms with Gasteiger partial charge in [0, 0.05) is 12.8 Å². The fourth-order valence-electron chi connectivity index (χ4n) is 3.10. The quantitative estimate of drug-likeness (QED) is 0.811. The highest BCUT2D eigenvalue weighted by Gasteiger charge is 2.37. The predicted octanol–water partition coefficient (Wildman–Crippen LogP) is 4.34. The van der Waals surface area contributed by atoms with E-state index in [0.717, 1.165) is 32.5 Å². The molecule has 0 unspecified atom stereocenters. The van der Waals surface area contributed by atoms with Gasteiger partial charge < -0.3 is 9.47 Å². The van der Waals surface area contributed by atoms with Crippen molar-refractivity contribution >= 4 is 5.57 Å². The van der Waals surface area contributed by atoms with Gasteiger partial charge in [-0.2, -0.15) is 0 Å². The molecule has 1 aliphatic carbocycles. The molecule has 0 N–H and O–H groups in total. The third kappa shape index (κ3) is 2.97. The first-order valence-electron chi connectivity index (χ1n) is 7.88. The Labute approximate surface area is 121 Å². The SMILES string of the molecule is CCCCc1ccc(C2=CCC3(CC2)OCCO3)cc1. The second-order valence-electron chi connectivity index (χ2n) is 5.84. The van der Waals surface area contributed by atoms with Crippen molar-refractivity contribution < 1.29 is 9.47 Å². The van der Waals surface area contributed by atoms with E-state index in [1.165, 1.54) is 36.0 Å². The molecule has 0 aromatic heterocycles. The van der Waals surface area contributed by atoms with Crippen LogP contribution in [0.5, 0.6) is 0 Å². The molecule has 0 saturated carbocycles. The van der Waals surface area contributed by atoms with Crippen molar-refractivity contribution in [2.45, 2.75) is 51.2 Å². The lowest BCUT2D eigenvalue weighted by Gasteiger charge is -2.30. The largest absolute Gasteiger partial charge is 0.347 e. The van der Waals surface area contributed by atoms with E-state index in [0.29, 0.717) is 0 Å². The summed E-state index contributed by atoms with van der Waals surface area (Å²) in [4.78, 5) is 0. The molecule has 108 valence electrons. The van der Waals surface area contributed by atoms with Crippen LogP contribution in [0.2, 0.25) is 0 Å². The predicted molar refractivity (Wildman–Crippen MR) is 81.5 cm³/mol. The minimum Gasteiger partial charge on any atom is -0.347 e. The van der Waals surface area contributed by atoms with Crippen LogP contribution in [-0.4, -0.2) is 19.0 Å². The molecule has 3 rings (SSSR count). The molecular formula is C18H24O2. The molecule has 20 heavy (non-hydrogen) atoms. The number of hydrogen-bond acceptors (Lipinski definition) is 2. The molecule has 1 fully saturated rings. The van der Waals surface area contributed by atoms with Gasteiger partial charge in [0.15, 0.2) is 5.79 Å². The summed E-state index contributed by atoms with van der Waals surface area (Å²) in [6.07, 6.45) is 8.95. The van der Waals surface area contributed by atoms with E-state index in [1.807, 2.05) is 0 Å². The number of unbranched alkanes of at least 4 members (excludes halogenated alkanes) is 1. The van der Waals surface area contributed by atoms with Gasteiger partial charge in [0.1, 0.15) is 0 Å². The highest BCUT2D eigenvalue weighted by molar-refractivity contribution is 5.66. The topological polar surface area (TPSA) is 18.5 Å². The number of ether oxygens (including phenoxy) is 2. The summed E-state index contributed by atoms with van der Waals surface area (Å²) in [6.45, 7) is 3.73. The van der Waals surface area contributed by atoms with Crippen LogP contribution in [0.4, 0.5) is 0 Å². The minimum absolute atomic E-state index is 0.301. The molecule has 0 atom stereocenters. The first kappa shape index (κ1) is 13.8. The van der Waals surface area contributed by atoms with Gasteiger partial charge in [-0.3, -0.25) is 0 Å². The van der Waals surface area contributed by atoms with Gasteiger partial charge in [-0.15, -0.1) is 0 Å². The Morgan fingerprint density at radius 3 is 2.45 bits per heavy atom.